The summed E-state index contributed by atoms with van der Waals surface area (Å²) in [6, 6.07) is 20.7. The number of nitrogens with zero attached hydrogens (tertiary/aromatic N) is 4. The first-order valence-corrected chi connectivity index (χ1v) is 10.8. The van der Waals surface area contributed by atoms with Gasteiger partial charge in [0.15, 0.2) is 0 Å². The summed E-state index contributed by atoms with van der Waals surface area (Å²) in [6.07, 6.45) is 1.79. The second-order valence-corrected chi connectivity index (χ2v) is 8.11. The Morgan fingerprint density at radius 2 is 1.87 bits per heavy atom. The molecule has 1 amide bonds. The van der Waals surface area contributed by atoms with Gasteiger partial charge in [-0.25, -0.2) is 4.98 Å². The number of nitriles is 1. The number of anilines is 1. The summed E-state index contributed by atoms with van der Waals surface area (Å²) < 4.78 is 6.80. The number of hydrogen-bond acceptors (Lipinski definition) is 5. The van der Waals surface area contributed by atoms with Crippen molar-refractivity contribution in [3.05, 3.63) is 88.0 Å². The van der Waals surface area contributed by atoms with Crippen LogP contribution in [0.4, 0.5) is 5.82 Å². The first kappa shape index (κ1) is 20.9. The Kier molecular flexibility index (Phi) is 6.48. The summed E-state index contributed by atoms with van der Waals surface area (Å²) in [6.45, 7) is 3.03. The molecule has 2 aromatic carbocycles. The largest absolute Gasteiger partial charge is 0.489 e. The third-order valence-corrected chi connectivity index (χ3v) is 5.68. The summed E-state index contributed by atoms with van der Waals surface area (Å²) in [5, 5.41) is 9.22. The van der Waals surface area contributed by atoms with E-state index in [0.717, 1.165) is 28.9 Å². The molecule has 1 saturated heterocycles. The smallest absolute Gasteiger partial charge is 0.254 e. The van der Waals surface area contributed by atoms with Crippen LogP contribution in [0.25, 0.3) is 0 Å². The zero-order valence-corrected chi connectivity index (χ0v) is 18.5. The Morgan fingerprint density at radius 1 is 1.06 bits per heavy atom. The lowest BCUT2D eigenvalue weighted by atomic mass is 10.1. The molecule has 31 heavy (non-hydrogen) atoms. The molecule has 7 heteroatoms. The highest BCUT2D eigenvalue weighted by Crippen LogP contribution is 2.20. The molecule has 0 unspecified atom stereocenters. The Bertz CT molecular complexity index is 1100. The van der Waals surface area contributed by atoms with Gasteiger partial charge in [0, 0.05) is 48.0 Å². The number of piperazine rings is 1. The van der Waals surface area contributed by atoms with Crippen molar-refractivity contribution >= 4 is 27.7 Å². The van der Waals surface area contributed by atoms with E-state index >= 15 is 0 Å². The van der Waals surface area contributed by atoms with Crippen LogP contribution >= 0.6 is 15.9 Å². The second-order valence-electron chi connectivity index (χ2n) is 7.20. The van der Waals surface area contributed by atoms with Gasteiger partial charge in [-0.15, -0.1) is 0 Å². The highest BCUT2D eigenvalue weighted by atomic mass is 79.9. The maximum Gasteiger partial charge on any atom is 0.254 e. The van der Waals surface area contributed by atoms with Gasteiger partial charge in [-0.05, 0) is 52.3 Å². The van der Waals surface area contributed by atoms with Crippen molar-refractivity contribution in [2.75, 3.05) is 31.1 Å². The minimum Gasteiger partial charge on any atom is -0.489 e. The maximum atomic E-state index is 13.0. The van der Waals surface area contributed by atoms with Crippen LogP contribution in [-0.2, 0) is 6.61 Å². The monoisotopic (exact) mass is 476 g/mol. The lowest BCUT2D eigenvalue weighted by molar-refractivity contribution is 0.0746. The summed E-state index contributed by atoms with van der Waals surface area (Å²) in [4.78, 5) is 21.5. The second kappa shape index (κ2) is 9.63. The Labute approximate surface area is 189 Å². The van der Waals surface area contributed by atoms with Gasteiger partial charge in [-0.1, -0.05) is 24.3 Å². The molecule has 0 atom stereocenters. The molecular weight excluding hydrogens is 456 g/mol. The minimum atomic E-state index is -0.00806. The van der Waals surface area contributed by atoms with Crippen LogP contribution in [0.2, 0.25) is 0 Å². The van der Waals surface area contributed by atoms with Gasteiger partial charge in [0.05, 0.1) is 11.6 Å². The molecule has 1 aliphatic heterocycles. The fraction of sp³-hybridized carbons (Fsp3) is 0.208. The van der Waals surface area contributed by atoms with Crippen LogP contribution < -0.4 is 9.64 Å². The van der Waals surface area contributed by atoms with Crippen molar-refractivity contribution in [1.82, 2.24) is 9.88 Å². The number of carbonyl (C=O) groups is 1. The average Bonchev–Trinajstić information content (AvgIpc) is 2.83. The molecule has 1 aromatic heterocycles. The van der Waals surface area contributed by atoms with Gasteiger partial charge in [0.25, 0.3) is 5.91 Å². The van der Waals surface area contributed by atoms with E-state index in [9.17, 15) is 10.1 Å². The van der Waals surface area contributed by atoms with Crippen LogP contribution in [0.3, 0.4) is 0 Å². The van der Waals surface area contributed by atoms with Crippen LogP contribution in [0.1, 0.15) is 21.5 Å². The first-order chi connectivity index (χ1) is 15.1. The number of pyridine rings is 1. The minimum absolute atomic E-state index is 0.00806. The molecule has 0 radical (unpaired) electrons. The van der Waals surface area contributed by atoms with E-state index in [0.29, 0.717) is 30.0 Å². The van der Waals surface area contributed by atoms with Crippen molar-refractivity contribution < 1.29 is 9.53 Å². The fourth-order valence-corrected chi connectivity index (χ4v) is 3.75. The Morgan fingerprint density at radius 3 is 2.61 bits per heavy atom. The third kappa shape index (κ3) is 5.04. The number of amides is 1. The van der Waals surface area contributed by atoms with E-state index in [4.69, 9.17) is 4.74 Å². The predicted molar refractivity (Wildman–Crippen MR) is 122 cm³/mol. The van der Waals surface area contributed by atoms with Gasteiger partial charge >= 0.3 is 0 Å². The predicted octanol–water partition coefficient (Wildman–Crippen LogP) is 4.26. The van der Waals surface area contributed by atoms with Gasteiger partial charge in [0.2, 0.25) is 0 Å². The lowest BCUT2D eigenvalue weighted by Gasteiger charge is -2.35. The van der Waals surface area contributed by atoms with E-state index in [2.05, 4.69) is 31.9 Å². The summed E-state index contributed by atoms with van der Waals surface area (Å²) in [5.41, 5.74) is 2.01. The van der Waals surface area contributed by atoms with Crippen LogP contribution in [0.5, 0.6) is 5.75 Å². The van der Waals surface area contributed by atoms with Gasteiger partial charge < -0.3 is 14.5 Å². The van der Waals surface area contributed by atoms with Crippen LogP contribution in [0, 0.1) is 11.3 Å². The first-order valence-electron chi connectivity index (χ1n) is 10.0. The van der Waals surface area contributed by atoms with Crippen LogP contribution in [-0.4, -0.2) is 42.0 Å². The molecule has 3 aromatic rings. The Balaban J connectivity index is 1.37. The highest BCUT2D eigenvalue weighted by molar-refractivity contribution is 9.10. The maximum absolute atomic E-state index is 13.0. The normalized spacial score (nSPS) is 13.5. The average molecular weight is 477 g/mol. The molecule has 1 aliphatic rings. The molecule has 0 aliphatic carbocycles. The number of rotatable bonds is 5. The van der Waals surface area contributed by atoms with Crippen LogP contribution in [0.15, 0.2) is 71.3 Å². The summed E-state index contributed by atoms with van der Waals surface area (Å²) in [7, 11) is 0. The zero-order chi connectivity index (χ0) is 21.6. The summed E-state index contributed by atoms with van der Waals surface area (Å²) in [5.74, 6) is 1.52. The molecule has 0 bridgehead atoms. The van der Waals surface area contributed by atoms with E-state index in [1.165, 1.54) is 0 Å². The number of ether oxygens (including phenoxy) is 1. The topological polar surface area (TPSA) is 69.5 Å². The molecule has 4 rings (SSSR count). The molecule has 0 N–H and O–H groups in total. The van der Waals surface area contributed by atoms with Gasteiger partial charge in [0.1, 0.15) is 18.2 Å². The van der Waals surface area contributed by atoms with Crippen molar-refractivity contribution in [3.63, 3.8) is 0 Å². The third-order valence-electron chi connectivity index (χ3n) is 5.22. The van der Waals surface area contributed by atoms with Crippen molar-refractivity contribution in [1.29, 1.82) is 5.26 Å². The van der Waals surface area contributed by atoms with Gasteiger partial charge in [-0.2, -0.15) is 5.26 Å². The highest BCUT2D eigenvalue weighted by Gasteiger charge is 2.23. The van der Waals surface area contributed by atoms with E-state index in [1.54, 1.807) is 24.4 Å². The number of carbonyl (C=O) groups excluding carboxylic acids is 1. The number of aromatic nitrogens is 1. The molecule has 0 saturated carbocycles. The molecule has 6 nitrogen and oxygen atoms in total. The van der Waals surface area contributed by atoms with E-state index in [1.807, 2.05) is 47.4 Å². The molecule has 156 valence electrons. The summed E-state index contributed by atoms with van der Waals surface area (Å²) >= 11 is 3.40. The van der Waals surface area contributed by atoms with Crippen molar-refractivity contribution in [3.8, 4) is 11.8 Å². The number of benzene rings is 2. The standard InChI is InChI=1S/C24H21BrN4O2/c25-21-8-9-23(27-16-21)28-10-12-29(13-11-28)24(30)18-6-3-7-22(14-18)31-17-20-5-2-1-4-19(20)15-26/h1-9,14,16H,10-13,17H2. The molecule has 2 heterocycles. The lowest BCUT2D eigenvalue weighted by Crippen LogP contribution is -2.49. The van der Waals surface area contributed by atoms with E-state index in [-0.39, 0.29) is 12.5 Å². The van der Waals surface area contributed by atoms with Crippen molar-refractivity contribution in [2.45, 2.75) is 6.61 Å². The Hall–Kier alpha value is -3.37. The molecule has 0 spiro atoms. The SMILES string of the molecule is N#Cc1ccccc1COc1cccc(C(=O)N2CCN(c3ccc(Br)cn3)CC2)c1. The fourth-order valence-electron chi connectivity index (χ4n) is 3.51. The molecule has 1 fully saturated rings. The van der Waals surface area contributed by atoms with E-state index < -0.39 is 0 Å². The number of halogens is 1. The quantitative estimate of drug-likeness (QED) is 0.550. The van der Waals surface area contributed by atoms with Crippen molar-refractivity contribution in [2.24, 2.45) is 0 Å². The number of hydrogen-bond donors (Lipinski definition) is 0. The van der Waals surface area contributed by atoms with Gasteiger partial charge in [-0.3, -0.25) is 4.79 Å². The molecular formula is C24H21BrN4O2. The zero-order valence-electron chi connectivity index (χ0n) is 16.9.